The summed E-state index contributed by atoms with van der Waals surface area (Å²) in [5.74, 6) is -0.243. The zero-order valence-corrected chi connectivity index (χ0v) is 19.6. The van der Waals surface area contributed by atoms with Crippen LogP contribution in [-0.2, 0) is 26.2 Å². The molecule has 34 heavy (non-hydrogen) atoms. The highest BCUT2D eigenvalue weighted by molar-refractivity contribution is 6.42. The maximum absolute atomic E-state index is 13.3. The number of hydrogen-bond acceptors (Lipinski definition) is 5. The molecule has 2 heterocycles. The van der Waals surface area contributed by atoms with Gasteiger partial charge in [0.25, 0.3) is 5.91 Å². The molecule has 4 aromatic rings. The molecule has 2 aromatic heterocycles. The predicted molar refractivity (Wildman–Crippen MR) is 128 cm³/mol. The number of hydrogen-bond donors (Lipinski definition) is 1. The van der Waals surface area contributed by atoms with E-state index in [4.69, 9.17) is 27.6 Å². The number of rotatable bonds is 9. The summed E-state index contributed by atoms with van der Waals surface area (Å²) in [6, 6.07) is 15.4. The van der Waals surface area contributed by atoms with E-state index in [2.05, 4.69) is 20.2 Å². The van der Waals surface area contributed by atoms with E-state index in [1.807, 2.05) is 18.2 Å². The molecule has 0 saturated carbocycles. The summed E-state index contributed by atoms with van der Waals surface area (Å²) in [5.41, 5.74) is 2.99. The fourth-order valence-corrected chi connectivity index (χ4v) is 3.69. The van der Waals surface area contributed by atoms with Crippen LogP contribution in [0.4, 0.5) is 4.39 Å². The number of halogens is 3. The van der Waals surface area contributed by atoms with Crippen LogP contribution in [0.15, 0.2) is 77.7 Å². The number of nitrogens with zero attached hydrogens (tertiary/aromatic N) is 3. The fourth-order valence-electron chi connectivity index (χ4n) is 3.36. The van der Waals surface area contributed by atoms with Crippen LogP contribution in [0, 0.1) is 5.82 Å². The highest BCUT2D eigenvalue weighted by Crippen LogP contribution is 2.24. The number of oxazole rings is 1. The van der Waals surface area contributed by atoms with E-state index in [0.29, 0.717) is 42.1 Å². The molecule has 9 heteroatoms. The number of carbonyl (C=O) groups excluding carboxylic acids is 1. The van der Waals surface area contributed by atoms with E-state index in [0.717, 1.165) is 16.7 Å². The molecular weight excluding hydrogens is 478 g/mol. The molecule has 174 valence electrons. The van der Waals surface area contributed by atoms with Gasteiger partial charge in [-0.2, -0.15) is 0 Å². The summed E-state index contributed by atoms with van der Waals surface area (Å²) in [5, 5.41) is 3.75. The molecule has 1 N–H and O–H groups in total. The Morgan fingerprint density at radius 1 is 0.912 bits per heavy atom. The average molecular weight is 499 g/mol. The first-order valence-corrected chi connectivity index (χ1v) is 11.2. The van der Waals surface area contributed by atoms with Crippen LogP contribution in [0.5, 0.6) is 0 Å². The molecule has 0 radical (unpaired) electrons. The van der Waals surface area contributed by atoms with Gasteiger partial charge in [-0.25, -0.2) is 9.37 Å². The Bertz CT molecular complexity index is 1250. The third-order valence-corrected chi connectivity index (χ3v) is 5.79. The molecule has 0 unspecified atom stereocenters. The van der Waals surface area contributed by atoms with Crippen molar-refractivity contribution < 1.29 is 13.6 Å². The zero-order valence-electron chi connectivity index (χ0n) is 18.0. The number of benzene rings is 2. The summed E-state index contributed by atoms with van der Waals surface area (Å²) in [7, 11) is 0. The first-order valence-electron chi connectivity index (χ1n) is 10.5. The standard InChI is InChI=1S/C25H21Cl2FN4O2/c26-21-6-3-19(11-22(21)27)14-32(13-18-1-4-20(28)5-2-18)15-24-31-23(16-34-24)25(33)30-12-17-7-9-29-10-8-17/h1-11,16H,12-15H2,(H,30,33). The minimum atomic E-state index is -0.332. The molecule has 0 aliphatic heterocycles. The van der Waals surface area contributed by atoms with Crippen LogP contribution in [0.2, 0.25) is 10.0 Å². The van der Waals surface area contributed by atoms with Gasteiger partial charge in [0, 0.05) is 32.0 Å². The minimum absolute atomic E-state index is 0.195. The van der Waals surface area contributed by atoms with Crippen molar-refractivity contribution in [2.75, 3.05) is 0 Å². The lowest BCUT2D eigenvalue weighted by Crippen LogP contribution is -2.24. The number of nitrogens with one attached hydrogen (secondary N) is 1. The third-order valence-electron chi connectivity index (χ3n) is 5.06. The fraction of sp³-hybridized carbons (Fsp3) is 0.160. The lowest BCUT2D eigenvalue weighted by atomic mass is 10.1. The first kappa shape index (κ1) is 23.9. The van der Waals surface area contributed by atoms with Gasteiger partial charge in [0.15, 0.2) is 5.69 Å². The summed E-state index contributed by atoms with van der Waals surface area (Å²) in [6.07, 6.45) is 4.67. The van der Waals surface area contributed by atoms with Gasteiger partial charge in [-0.3, -0.25) is 14.7 Å². The van der Waals surface area contributed by atoms with Crippen molar-refractivity contribution in [1.29, 1.82) is 0 Å². The first-order chi connectivity index (χ1) is 16.5. The maximum Gasteiger partial charge on any atom is 0.273 e. The Morgan fingerprint density at radius 3 is 2.35 bits per heavy atom. The molecule has 0 aliphatic carbocycles. The molecule has 0 bridgehead atoms. The van der Waals surface area contributed by atoms with Gasteiger partial charge in [0.1, 0.15) is 12.1 Å². The van der Waals surface area contributed by atoms with Gasteiger partial charge >= 0.3 is 0 Å². The highest BCUT2D eigenvalue weighted by atomic mass is 35.5. The van der Waals surface area contributed by atoms with Crippen molar-refractivity contribution in [1.82, 2.24) is 20.2 Å². The summed E-state index contributed by atoms with van der Waals surface area (Å²) < 4.78 is 18.9. The van der Waals surface area contributed by atoms with Gasteiger partial charge in [0.2, 0.25) is 5.89 Å². The lowest BCUT2D eigenvalue weighted by Gasteiger charge is -2.21. The molecule has 2 aromatic carbocycles. The molecule has 1 amide bonds. The molecule has 0 saturated heterocycles. The number of amides is 1. The lowest BCUT2D eigenvalue weighted by molar-refractivity contribution is 0.0945. The quantitative estimate of drug-likeness (QED) is 0.323. The van der Waals surface area contributed by atoms with E-state index in [1.54, 1.807) is 36.7 Å². The smallest absolute Gasteiger partial charge is 0.273 e. The van der Waals surface area contributed by atoms with Crippen molar-refractivity contribution in [3.63, 3.8) is 0 Å². The van der Waals surface area contributed by atoms with Crippen LogP contribution >= 0.6 is 23.2 Å². The van der Waals surface area contributed by atoms with Gasteiger partial charge in [-0.05, 0) is 53.1 Å². The topological polar surface area (TPSA) is 71.3 Å². The Labute approximate surface area is 206 Å². The second-order valence-corrected chi connectivity index (χ2v) is 8.50. The van der Waals surface area contributed by atoms with Crippen LogP contribution in [0.25, 0.3) is 0 Å². The van der Waals surface area contributed by atoms with Crippen LogP contribution in [-0.4, -0.2) is 20.8 Å². The summed E-state index contributed by atoms with van der Waals surface area (Å²) >= 11 is 12.2. The van der Waals surface area contributed by atoms with E-state index in [9.17, 15) is 9.18 Å². The summed E-state index contributed by atoms with van der Waals surface area (Å²) in [4.78, 5) is 22.8. The number of aromatic nitrogens is 2. The van der Waals surface area contributed by atoms with E-state index in [1.165, 1.54) is 18.4 Å². The largest absolute Gasteiger partial charge is 0.447 e. The Hall–Kier alpha value is -3.26. The Morgan fingerprint density at radius 2 is 1.62 bits per heavy atom. The summed E-state index contributed by atoms with van der Waals surface area (Å²) in [6.45, 7) is 1.71. The monoisotopic (exact) mass is 498 g/mol. The highest BCUT2D eigenvalue weighted by Gasteiger charge is 2.16. The van der Waals surface area contributed by atoms with Crippen LogP contribution in [0.3, 0.4) is 0 Å². The SMILES string of the molecule is O=C(NCc1ccncc1)c1coc(CN(Cc2ccc(F)cc2)Cc2ccc(Cl)c(Cl)c2)n1. The Balaban J connectivity index is 1.45. The van der Waals surface area contributed by atoms with Gasteiger partial charge in [-0.1, -0.05) is 41.4 Å². The second kappa shape index (κ2) is 11.2. The van der Waals surface area contributed by atoms with E-state index < -0.39 is 0 Å². The average Bonchev–Trinajstić information content (AvgIpc) is 3.30. The molecule has 4 rings (SSSR count). The van der Waals surface area contributed by atoms with Crippen LogP contribution < -0.4 is 5.32 Å². The van der Waals surface area contributed by atoms with E-state index in [-0.39, 0.29) is 17.4 Å². The Kier molecular flexibility index (Phi) is 7.90. The molecule has 0 atom stereocenters. The van der Waals surface area contributed by atoms with E-state index >= 15 is 0 Å². The van der Waals surface area contributed by atoms with Crippen LogP contribution in [0.1, 0.15) is 33.1 Å². The molecule has 0 aliphatic rings. The van der Waals surface area contributed by atoms with Crippen molar-refractivity contribution in [3.8, 4) is 0 Å². The number of pyridine rings is 1. The maximum atomic E-state index is 13.3. The number of carbonyl (C=O) groups is 1. The van der Waals surface area contributed by atoms with Crippen molar-refractivity contribution in [2.24, 2.45) is 0 Å². The molecule has 0 fully saturated rings. The van der Waals surface area contributed by atoms with Gasteiger partial charge in [-0.15, -0.1) is 0 Å². The van der Waals surface area contributed by atoms with Gasteiger partial charge < -0.3 is 9.73 Å². The predicted octanol–water partition coefficient (Wildman–Crippen LogP) is 5.65. The molecule has 6 nitrogen and oxygen atoms in total. The second-order valence-electron chi connectivity index (χ2n) is 7.68. The zero-order chi connectivity index (χ0) is 23.9. The van der Waals surface area contributed by atoms with Gasteiger partial charge in [0.05, 0.1) is 16.6 Å². The van der Waals surface area contributed by atoms with Crippen molar-refractivity contribution in [2.45, 2.75) is 26.2 Å². The third kappa shape index (κ3) is 6.63. The minimum Gasteiger partial charge on any atom is -0.447 e. The molecular formula is C25H21Cl2FN4O2. The van der Waals surface area contributed by atoms with Crippen molar-refractivity contribution in [3.05, 3.63) is 117 Å². The van der Waals surface area contributed by atoms with Crippen molar-refractivity contribution >= 4 is 29.1 Å². The molecule has 0 spiro atoms. The normalized spacial score (nSPS) is 11.1.